The van der Waals surface area contributed by atoms with Crippen LogP contribution in [0.4, 0.5) is 0 Å². The summed E-state index contributed by atoms with van der Waals surface area (Å²) in [7, 11) is 0. The Hall–Kier alpha value is -1.99. The lowest BCUT2D eigenvalue weighted by molar-refractivity contribution is -0.122. The van der Waals surface area contributed by atoms with Gasteiger partial charge in [-0.15, -0.1) is 22.7 Å². The number of carbonyl (C=O) groups is 1. The van der Waals surface area contributed by atoms with Gasteiger partial charge in [-0.05, 0) is 42.5 Å². The van der Waals surface area contributed by atoms with Gasteiger partial charge in [-0.1, -0.05) is 31.7 Å². The van der Waals surface area contributed by atoms with E-state index in [-0.39, 0.29) is 24.1 Å². The van der Waals surface area contributed by atoms with Crippen molar-refractivity contribution in [2.75, 3.05) is 0 Å². The summed E-state index contributed by atoms with van der Waals surface area (Å²) in [4.78, 5) is 32.0. The van der Waals surface area contributed by atoms with Crippen LogP contribution in [0.5, 0.6) is 0 Å². The molecule has 3 aromatic rings. The SMILES string of the molecule is O=C(Cn1cnc2scc(-c3cccs3)c2c1=O)N[C@@H]1CC[C@H]2CCCC[C@H]2C1. The molecule has 3 atom stereocenters. The number of hydrogen-bond acceptors (Lipinski definition) is 5. The molecule has 3 heterocycles. The maximum absolute atomic E-state index is 13.1. The Labute approximate surface area is 177 Å². The Kier molecular flexibility index (Phi) is 5.26. The fourth-order valence-electron chi connectivity index (χ4n) is 5.13. The molecule has 0 radical (unpaired) electrons. The third-order valence-corrected chi connectivity index (χ3v) is 8.36. The molecule has 5 nitrogen and oxygen atoms in total. The van der Waals surface area contributed by atoms with E-state index in [0.717, 1.165) is 39.9 Å². The normalized spacial score (nSPS) is 24.3. The number of nitrogens with one attached hydrogen (secondary N) is 1. The molecule has 0 bridgehead atoms. The van der Waals surface area contributed by atoms with Crippen molar-refractivity contribution in [2.45, 2.75) is 57.5 Å². The predicted octanol–water partition coefficient (Wildman–Crippen LogP) is 4.66. The maximum Gasteiger partial charge on any atom is 0.263 e. The summed E-state index contributed by atoms with van der Waals surface area (Å²) in [5.41, 5.74) is 0.786. The summed E-state index contributed by atoms with van der Waals surface area (Å²) in [6, 6.07) is 4.24. The van der Waals surface area contributed by atoms with E-state index in [1.807, 2.05) is 22.9 Å². The minimum atomic E-state index is -0.134. The molecular formula is C22H25N3O2S2. The monoisotopic (exact) mass is 427 g/mol. The maximum atomic E-state index is 13.1. The van der Waals surface area contributed by atoms with Crippen LogP contribution < -0.4 is 10.9 Å². The van der Waals surface area contributed by atoms with Crippen molar-refractivity contribution in [2.24, 2.45) is 11.8 Å². The van der Waals surface area contributed by atoms with Gasteiger partial charge in [0.05, 0.1) is 11.7 Å². The van der Waals surface area contributed by atoms with Gasteiger partial charge in [0.1, 0.15) is 11.4 Å². The number of amides is 1. The van der Waals surface area contributed by atoms with Crippen molar-refractivity contribution in [1.82, 2.24) is 14.9 Å². The van der Waals surface area contributed by atoms with Gasteiger partial charge in [0.2, 0.25) is 5.91 Å². The van der Waals surface area contributed by atoms with E-state index in [1.165, 1.54) is 54.3 Å². The third-order valence-electron chi connectivity index (χ3n) is 6.57. The minimum Gasteiger partial charge on any atom is -0.352 e. The minimum absolute atomic E-state index is 0.0338. The van der Waals surface area contributed by atoms with Crippen LogP contribution in [0.15, 0.2) is 34.0 Å². The molecular weight excluding hydrogens is 402 g/mol. The average molecular weight is 428 g/mol. The second-order valence-electron chi connectivity index (χ2n) is 8.37. The van der Waals surface area contributed by atoms with E-state index >= 15 is 0 Å². The summed E-state index contributed by atoms with van der Waals surface area (Å²) in [6.07, 6.45) is 10.3. The van der Waals surface area contributed by atoms with E-state index in [0.29, 0.717) is 5.39 Å². The summed E-state index contributed by atoms with van der Waals surface area (Å²) in [5.74, 6) is 1.54. The molecule has 152 valence electrons. The van der Waals surface area contributed by atoms with E-state index in [4.69, 9.17) is 0 Å². The van der Waals surface area contributed by atoms with E-state index in [1.54, 1.807) is 11.3 Å². The molecule has 7 heteroatoms. The van der Waals surface area contributed by atoms with Crippen molar-refractivity contribution in [3.05, 3.63) is 39.6 Å². The van der Waals surface area contributed by atoms with Gasteiger partial charge in [0, 0.05) is 21.9 Å². The van der Waals surface area contributed by atoms with Gasteiger partial charge >= 0.3 is 0 Å². The van der Waals surface area contributed by atoms with Gasteiger partial charge in [0.15, 0.2) is 0 Å². The number of nitrogens with zero attached hydrogens (tertiary/aromatic N) is 2. The molecule has 0 unspecified atom stereocenters. The van der Waals surface area contributed by atoms with Crippen LogP contribution in [0, 0.1) is 11.8 Å². The molecule has 0 aromatic carbocycles. The van der Waals surface area contributed by atoms with E-state index in [2.05, 4.69) is 10.3 Å². The zero-order chi connectivity index (χ0) is 19.8. The molecule has 1 N–H and O–H groups in total. The second-order valence-corrected chi connectivity index (χ2v) is 10.2. The molecule has 2 aliphatic rings. The molecule has 29 heavy (non-hydrogen) atoms. The van der Waals surface area contributed by atoms with Gasteiger partial charge in [-0.2, -0.15) is 0 Å². The summed E-state index contributed by atoms with van der Waals surface area (Å²) in [6.45, 7) is 0.0338. The quantitative estimate of drug-likeness (QED) is 0.658. The number of rotatable bonds is 4. The number of aromatic nitrogens is 2. The first-order chi connectivity index (χ1) is 14.2. The van der Waals surface area contributed by atoms with Crippen molar-refractivity contribution in [3.8, 4) is 10.4 Å². The Morgan fingerprint density at radius 3 is 2.86 bits per heavy atom. The highest BCUT2D eigenvalue weighted by Crippen LogP contribution is 2.40. The molecule has 2 fully saturated rings. The summed E-state index contributed by atoms with van der Waals surface area (Å²) >= 11 is 3.08. The van der Waals surface area contributed by atoms with Gasteiger partial charge < -0.3 is 5.32 Å². The Morgan fingerprint density at radius 2 is 2.03 bits per heavy atom. The van der Waals surface area contributed by atoms with E-state index < -0.39 is 0 Å². The summed E-state index contributed by atoms with van der Waals surface area (Å²) in [5, 5.41) is 7.80. The summed E-state index contributed by atoms with van der Waals surface area (Å²) < 4.78 is 1.45. The topological polar surface area (TPSA) is 64.0 Å². The van der Waals surface area contributed by atoms with Gasteiger partial charge in [0.25, 0.3) is 5.56 Å². The Morgan fingerprint density at radius 1 is 1.17 bits per heavy atom. The van der Waals surface area contributed by atoms with Crippen molar-refractivity contribution in [3.63, 3.8) is 0 Å². The number of hydrogen-bond donors (Lipinski definition) is 1. The first kappa shape index (κ1) is 19.0. The van der Waals surface area contributed by atoms with Gasteiger partial charge in [-0.3, -0.25) is 14.2 Å². The third kappa shape index (κ3) is 3.78. The largest absolute Gasteiger partial charge is 0.352 e. The number of carbonyl (C=O) groups excluding carboxylic acids is 1. The van der Waals surface area contributed by atoms with Crippen LogP contribution >= 0.6 is 22.7 Å². The lowest BCUT2D eigenvalue weighted by atomic mass is 9.69. The zero-order valence-electron chi connectivity index (χ0n) is 16.3. The van der Waals surface area contributed by atoms with Crippen LogP contribution in [0.2, 0.25) is 0 Å². The van der Waals surface area contributed by atoms with Crippen molar-refractivity contribution < 1.29 is 4.79 Å². The molecule has 2 saturated carbocycles. The fourth-order valence-corrected chi connectivity index (χ4v) is 6.85. The molecule has 5 rings (SSSR count). The smallest absolute Gasteiger partial charge is 0.263 e. The van der Waals surface area contributed by atoms with Crippen LogP contribution in [0.25, 0.3) is 20.7 Å². The fraction of sp³-hybridized carbons (Fsp3) is 0.500. The van der Waals surface area contributed by atoms with Crippen LogP contribution in [-0.4, -0.2) is 21.5 Å². The van der Waals surface area contributed by atoms with Gasteiger partial charge in [-0.25, -0.2) is 4.98 Å². The molecule has 2 aliphatic carbocycles. The average Bonchev–Trinajstić information content (AvgIpc) is 3.40. The second kappa shape index (κ2) is 8.03. The number of thiophene rings is 2. The predicted molar refractivity (Wildman–Crippen MR) is 118 cm³/mol. The van der Waals surface area contributed by atoms with Crippen molar-refractivity contribution >= 4 is 38.8 Å². The van der Waals surface area contributed by atoms with Crippen LogP contribution in [-0.2, 0) is 11.3 Å². The standard InChI is InChI=1S/C22H25N3O2S2/c26-19(24-16-8-7-14-4-1-2-5-15(14)10-16)11-25-13-23-21-20(22(25)27)17(12-29-21)18-6-3-9-28-18/h3,6,9,12-16H,1-2,4-5,7-8,10-11H2,(H,24,26)/t14-,15+,16-/m1/s1. The highest BCUT2D eigenvalue weighted by Gasteiger charge is 2.32. The van der Waals surface area contributed by atoms with Crippen LogP contribution in [0.3, 0.4) is 0 Å². The highest BCUT2D eigenvalue weighted by atomic mass is 32.1. The lowest BCUT2D eigenvalue weighted by Gasteiger charge is -2.39. The number of fused-ring (bicyclic) bond motifs is 2. The van der Waals surface area contributed by atoms with E-state index in [9.17, 15) is 9.59 Å². The molecule has 3 aromatic heterocycles. The molecule has 1 amide bonds. The highest BCUT2D eigenvalue weighted by molar-refractivity contribution is 7.18. The van der Waals surface area contributed by atoms with Crippen molar-refractivity contribution in [1.29, 1.82) is 0 Å². The first-order valence-electron chi connectivity index (χ1n) is 10.5. The Bertz CT molecular complexity index is 1070. The van der Waals surface area contributed by atoms with Crippen LogP contribution in [0.1, 0.15) is 44.9 Å². The molecule has 0 aliphatic heterocycles. The lowest BCUT2D eigenvalue weighted by Crippen LogP contribution is -2.43. The first-order valence-corrected chi connectivity index (χ1v) is 12.2. The zero-order valence-corrected chi connectivity index (χ0v) is 17.9. The molecule has 0 saturated heterocycles. The molecule has 0 spiro atoms. The Balaban J connectivity index is 1.31.